The van der Waals surface area contributed by atoms with E-state index in [0.29, 0.717) is 11.4 Å². The summed E-state index contributed by atoms with van der Waals surface area (Å²) in [6.45, 7) is 5.45. The Morgan fingerprint density at radius 1 is 1.25 bits per heavy atom. The molecule has 2 heterocycles. The van der Waals surface area contributed by atoms with Crippen LogP contribution in [0, 0.1) is 20.8 Å². The molecule has 0 aliphatic heterocycles. The zero-order valence-corrected chi connectivity index (χ0v) is 13.4. The molecule has 0 fully saturated rings. The zero-order chi connectivity index (χ0) is 14.9. The van der Waals surface area contributed by atoms with Crippen LogP contribution in [0.2, 0.25) is 0 Å². The standard InChI is InChI=1S/C13H16N2O3S2/c1-8-5-6-11(18-4)13(14-8)15-20(16,17)12-7-9(2)19-10(12)3/h5-7H,1-4H3,(H,14,15). The third kappa shape index (κ3) is 2.94. The van der Waals surface area contributed by atoms with Crippen molar-refractivity contribution in [2.24, 2.45) is 0 Å². The van der Waals surface area contributed by atoms with E-state index in [9.17, 15) is 8.42 Å². The molecule has 2 aromatic heterocycles. The Labute approximate surface area is 122 Å². The van der Waals surface area contributed by atoms with Gasteiger partial charge in [-0.2, -0.15) is 0 Å². The highest BCUT2D eigenvalue weighted by Gasteiger charge is 2.21. The summed E-state index contributed by atoms with van der Waals surface area (Å²) in [4.78, 5) is 6.16. The predicted octanol–water partition coefficient (Wildman–Crippen LogP) is 2.88. The SMILES string of the molecule is COc1ccc(C)nc1NS(=O)(=O)c1cc(C)sc1C. The Morgan fingerprint density at radius 2 is 1.95 bits per heavy atom. The quantitative estimate of drug-likeness (QED) is 0.942. The van der Waals surface area contributed by atoms with Crippen molar-refractivity contribution in [2.45, 2.75) is 25.7 Å². The maximum Gasteiger partial charge on any atom is 0.264 e. The molecule has 0 saturated heterocycles. The fraction of sp³-hybridized carbons (Fsp3) is 0.308. The number of rotatable bonds is 4. The number of anilines is 1. The van der Waals surface area contributed by atoms with Gasteiger partial charge in [0.05, 0.1) is 7.11 Å². The molecule has 108 valence electrons. The van der Waals surface area contributed by atoms with E-state index >= 15 is 0 Å². The van der Waals surface area contributed by atoms with Gasteiger partial charge in [0, 0.05) is 15.4 Å². The number of hydrogen-bond acceptors (Lipinski definition) is 5. The minimum Gasteiger partial charge on any atom is -0.493 e. The van der Waals surface area contributed by atoms with Crippen LogP contribution in [0.1, 0.15) is 15.4 Å². The van der Waals surface area contributed by atoms with Crippen LogP contribution in [0.5, 0.6) is 5.75 Å². The van der Waals surface area contributed by atoms with Crippen LogP contribution in [0.15, 0.2) is 23.1 Å². The summed E-state index contributed by atoms with van der Waals surface area (Å²) in [7, 11) is -2.18. The Hall–Kier alpha value is -1.60. The second-order valence-electron chi connectivity index (χ2n) is 4.39. The lowest BCUT2D eigenvalue weighted by Gasteiger charge is -2.11. The largest absolute Gasteiger partial charge is 0.493 e. The summed E-state index contributed by atoms with van der Waals surface area (Å²) >= 11 is 1.45. The topological polar surface area (TPSA) is 68.3 Å². The first-order valence-corrected chi connectivity index (χ1v) is 8.25. The minimum atomic E-state index is -3.65. The number of hydrogen-bond donors (Lipinski definition) is 1. The van der Waals surface area contributed by atoms with Crippen LogP contribution in [-0.2, 0) is 10.0 Å². The van der Waals surface area contributed by atoms with E-state index in [1.54, 1.807) is 32.0 Å². The average Bonchev–Trinajstić information content (AvgIpc) is 2.69. The van der Waals surface area contributed by atoms with Crippen molar-refractivity contribution in [1.29, 1.82) is 0 Å². The summed E-state index contributed by atoms with van der Waals surface area (Å²) in [5, 5.41) is 0. The van der Waals surface area contributed by atoms with Crippen molar-refractivity contribution in [3.63, 3.8) is 0 Å². The zero-order valence-electron chi connectivity index (χ0n) is 11.7. The second-order valence-corrected chi connectivity index (χ2v) is 7.50. The van der Waals surface area contributed by atoms with Gasteiger partial charge >= 0.3 is 0 Å². The Bertz CT molecular complexity index is 736. The number of aryl methyl sites for hydroxylation is 3. The predicted molar refractivity (Wildman–Crippen MR) is 80.1 cm³/mol. The molecule has 0 spiro atoms. The Balaban J connectivity index is 2.43. The molecule has 0 unspecified atom stereocenters. The fourth-order valence-corrected chi connectivity index (χ4v) is 4.41. The molecular formula is C13H16N2O3S2. The van der Waals surface area contributed by atoms with Gasteiger partial charge in [-0.3, -0.25) is 4.72 Å². The van der Waals surface area contributed by atoms with Crippen molar-refractivity contribution < 1.29 is 13.2 Å². The Kier molecular flexibility index (Phi) is 4.01. The molecule has 2 rings (SSSR count). The molecule has 0 aromatic carbocycles. The van der Waals surface area contributed by atoms with Gasteiger partial charge in [-0.05, 0) is 39.0 Å². The number of thiophene rings is 1. The number of sulfonamides is 1. The Morgan fingerprint density at radius 3 is 2.50 bits per heavy atom. The van der Waals surface area contributed by atoms with E-state index in [0.717, 1.165) is 9.75 Å². The lowest BCUT2D eigenvalue weighted by Crippen LogP contribution is -2.15. The molecule has 0 aliphatic rings. The van der Waals surface area contributed by atoms with Crippen molar-refractivity contribution >= 4 is 27.2 Å². The van der Waals surface area contributed by atoms with Crippen LogP contribution in [0.3, 0.4) is 0 Å². The van der Waals surface area contributed by atoms with E-state index in [2.05, 4.69) is 9.71 Å². The molecule has 5 nitrogen and oxygen atoms in total. The van der Waals surface area contributed by atoms with Gasteiger partial charge in [0.25, 0.3) is 10.0 Å². The van der Waals surface area contributed by atoms with E-state index in [1.165, 1.54) is 18.4 Å². The lowest BCUT2D eigenvalue weighted by molar-refractivity contribution is 0.415. The average molecular weight is 312 g/mol. The lowest BCUT2D eigenvalue weighted by atomic mass is 10.3. The van der Waals surface area contributed by atoms with Gasteiger partial charge in [-0.1, -0.05) is 0 Å². The molecule has 20 heavy (non-hydrogen) atoms. The molecular weight excluding hydrogens is 296 g/mol. The molecule has 0 bridgehead atoms. The number of ether oxygens (including phenoxy) is 1. The molecule has 0 saturated carbocycles. The maximum atomic E-state index is 12.4. The molecule has 2 aromatic rings. The van der Waals surface area contributed by atoms with Crippen molar-refractivity contribution in [1.82, 2.24) is 4.98 Å². The third-order valence-electron chi connectivity index (χ3n) is 2.73. The summed E-state index contributed by atoms with van der Waals surface area (Å²) in [5.41, 5.74) is 0.710. The second kappa shape index (κ2) is 5.41. The van der Waals surface area contributed by atoms with Crippen molar-refractivity contribution in [3.05, 3.63) is 33.6 Å². The van der Waals surface area contributed by atoms with Gasteiger partial charge in [0.1, 0.15) is 4.90 Å². The van der Waals surface area contributed by atoms with E-state index in [1.807, 2.05) is 6.92 Å². The number of nitrogens with one attached hydrogen (secondary N) is 1. The normalized spacial score (nSPS) is 11.4. The van der Waals surface area contributed by atoms with Gasteiger partial charge in [0.15, 0.2) is 11.6 Å². The van der Waals surface area contributed by atoms with Crippen LogP contribution >= 0.6 is 11.3 Å². The molecule has 0 aliphatic carbocycles. The molecule has 0 amide bonds. The number of aromatic nitrogens is 1. The van der Waals surface area contributed by atoms with Crippen LogP contribution in [0.4, 0.5) is 5.82 Å². The first-order chi connectivity index (χ1) is 9.33. The third-order valence-corrected chi connectivity index (χ3v) is 5.29. The highest BCUT2D eigenvalue weighted by atomic mass is 32.2. The van der Waals surface area contributed by atoms with Crippen LogP contribution in [0.25, 0.3) is 0 Å². The highest BCUT2D eigenvalue weighted by molar-refractivity contribution is 7.93. The maximum absolute atomic E-state index is 12.4. The summed E-state index contributed by atoms with van der Waals surface area (Å²) in [6, 6.07) is 5.10. The smallest absolute Gasteiger partial charge is 0.264 e. The molecule has 7 heteroatoms. The fourth-order valence-electron chi connectivity index (χ4n) is 1.84. The molecule has 1 N–H and O–H groups in total. The van der Waals surface area contributed by atoms with E-state index in [-0.39, 0.29) is 10.7 Å². The van der Waals surface area contributed by atoms with Crippen molar-refractivity contribution in [2.75, 3.05) is 11.8 Å². The van der Waals surface area contributed by atoms with Crippen LogP contribution in [-0.4, -0.2) is 20.5 Å². The van der Waals surface area contributed by atoms with Crippen LogP contribution < -0.4 is 9.46 Å². The minimum absolute atomic E-state index is 0.204. The summed E-state index contributed by atoms with van der Waals surface area (Å²) < 4.78 is 32.5. The van der Waals surface area contributed by atoms with E-state index < -0.39 is 10.0 Å². The first-order valence-electron chi connectivity index (χ1n) is 5.95. The van der Waals surface area contributed by atoms with Gasteiger partial charge in [-0.25, -0.2) is 13.4 Å². The van der Waals surface area contributed by atoms with Crippen molar-refractivity contribution in [3.8, 4) is 5.75 Å². The summed E-state index contributed by atoms with van der Waals surface area (Å²) in [5.74, 6) is 0.597. The molecule has 0 radical (unpaired) electrons. The first kappa shape index (κ1) is 14.8. The summed E-state index contributed by atoms with van der Waals surface area (Å²) in [6.07, 6.45) is 0. The highest BCUT2D eigenvalue weighted by Crippen LogP contribution is 2.29. The van der Waals surface area contributed by atoms with E-state index in [4.69, 9.17) is 4.74 Å². The van der Waals surface area contributed by atoms with Gasteiger partial charge < -0.3 is 4.74 Å². The number of methoxy groups -OCH3 is 1. The van der Waals surface area contributed by atoms with Gasteiger partial charge in [0.2, 0.25) is 0 Å². The monoisotopic (exact) mass is 312 g/mol. The van der Waals surface area contributed by atoms with Gasteiger partial charge in [-0.15, -0.1) is 11.3 Å². The molecule has 0 atom stereocenters. The number of pyridine rings is 1. The number of nitrogens with zero attached hydrogens (tertiary/aromatic N) is 1.